The van der Waals surface area contributed by atoms with Gasteiger partial charge in [0, 0.05) is 13.6 Å². The average Bonchev–Trinajstić information content (AvgIpc) is 2.55. The van der Waals surface area contributed by atoms with Gasteiger partial charge in [0.2, 0.25) is 15.9 Å². The maximum atomic E-state index is 11.7. The molecule has 2 aromatic carbocycles. The van der Waals surface area contributed by atoms with Crippen LogP contribution in [0.1, 0.15) is 17.2 Å². The second kappa shape index (κ2) is 7.46. The third-order valence-electron chi connectivity index (χ3n) is 3.73. The number of sulfonamides is 1. The molecule has 1 unspecified atom stereocenters. The van der Waals surface area contributed by atoms with E-state index in [1.54, 1.807) is 12.1 Å². The molecule has 0 radical (unpaired) electrons. The molecule has 0 saturated heterocycles. The van der Waals surface area contributed by atoms with E-state index in [0.717, 1.165) is 17.4 Å². The van der Waals surface area contributed by atoms with Gasteiger partial charge in [0.05, 0.1) is 11.9 Å². The quantitative estimate of drug-likeness (QED) is 0.792. The molecule has 1 atom stereocenters. The Morgan fingerprint density at radius 2 is 1.71 bits per heavy atom. The summed E-state index contributed by atoms with van der Waals surface area (Å²) in [6.07, 6.45) is 1.15. The summed E-state index contributed by atoms with van der Waals surface area (Å²) in [5, 5.41) is 3.12. The Morgan fingerprint density at radius 3 is 2.21 bits per heavy atom. The topological polar surface area (TPSA) is 92.5 Å². The molecule has 128 valence electrons. The van der Waals surface area contributed by atoms with Crippen molar-refractivity contribution < 1.29 is 13.2 Å². The third kappa shape index (κ3) is 4.56. The van der Waals surface area contributed by atoms with Crippen LogP contribution in [0.25, 0.3) is 0 Å². The summed E-state index contributed by atoms with van der Waals surface area (Å²) in [6, 6.07) is 15.7. The summed E-state index contributed by atoms with van der Waals surface area (Å²) in [4.78, 5) is 11.7. The Balaban J connectivity index is 2.07. The molecule has 7 heteroatoms. The van der Waals surface area contributed by atoms with Crippen LogP contribution in [0.4, 0.5) is 5.69 Å². The Labute approximate surface area is 142 Å². The van der Waals surface area contributed by atoms with Gasteiger partial charge >= 0.3 is 0 Å². The summed E-state index contributed by atoms with van der Waals surface area (Å²) < 4.78 is 24.3. The number of carbonyl (C=O) groups is 1. The molecule has 0 saturated carbocycles. The fourth-order valence-corrected chi connectivity index (χ4v) is 2.77. The predicted octanol–water partition coefficient (Wildman–Crippen LogP) is 1.40. The molecule has 6 nitrogen and oxygen atoms in total. The van der Waals surface area contributed by atoms with Crippen molar-refractivity contribution in [2.75, 3.05) is 17.6 Å². The largest absolute Gasteiger partial charge is 0.368 e. The van der Waals surface area contributed by atoms with Crippen molar-refractivity contribution in [2.45, 2.75) is 12.6 Å². The number of benzene rings is 2. The first-order chi connectivity index (χ1) is 11.3. The number of primary amides is 1. The lowest BCUT2D eigenvalue weighted by molar-refractivity contribution is -0.120. The number of hydrogen-bond acceptors (Lipinski definition) is 4. The van der Waals surface area contributed by atoms with Gasteiger partial charge in [-0.3, -0.25) is 14.4 Å². The van der Waals surface area contributed by atoms with Crippen molar-refractivity contribution in [3.8, 4) is 0 Å². The van der Waals surface area contributed by atoms with Gasteiger partial charge in [0.1, 0.15) is 6.04 Å². The average molecular weight is 347 g/mol. The number of amides is 1. The monoisotopic (exact) mass is 347 g/mol. The van der Waals surface area contributed by atoms with Crippen molar-refractivity contribution in [1.29, 1.82) is 0 Å². The Kier molecular flexibility index (Phi) is 5.58. The van der Waals surface area contributed by atoms with E-state index in [-0.39, 0.29) is 0 Å². The van der Waals surface area contributed by atoms with Gasteiger partial charge in [-0.2, -0.15) is 0 Å². The molecule has 1 amide bonds. The molecule has 0 heterocycles. The number of nitrogens with one attached hydrogen (secondary N) is 1. The van der Waals surface area contributed by atoms with Crippen LogP contribution >= 0.6 is 0 Å². The second-order valence-corrected chi connectivity index (χ2v) is 7.54. The van der Waals surface area contributed by atoms with E-state index in [1.807, 2.05) is 42.5 Å². The summed E-state index contributed by atoms with van der Waals surface area (Å²) >= 11 is 0. The highest BCUT2D eigenvalue weighted by Gasteiger charge is 2.17. The Bertz CT molecular complexity index is 790. The molecule has 0 bridgehead atoms. The minimum absolute atomic E-state index is 0.436. The van der Waals surface area contributed by atoms with Gasteiger partial charge in [0.15, 0.2) is 0 Å². The fraction of sp³-hybridized carbons (Fsp3) is 0.235. The first-order valence-corrected chi connectivity index (χ1v) is 9.24. The molecular formula is C17H21N3O3S. The van der Waals surface area contributed by atoms with Crippen molar-refractivity contribution in [1.82, 2.24) is 5.32 Å². The third-order valence-corrected chi connectivity index (χ3v) is 4.93. The van der Waals surface area contributed by atoms with E-state index in [4.69, 9.17) is 5.73 Å². The van der Waals surface area contributed by atoms with Crippen molar-refractivity contribution >= 4 is 21.6 Å². The molecule has 0 aromatic heterocycles. The van der Waals surface area contributed by atoms with Crippen LogP contribution in [-0.2, 0) is 21.4 Å². The second-order valence-electron chi connectivity index (χ2n) is 5.52. The van der Waals surface area contributed by atoms with E-state index in [0.29, 0.717) is 12.2 Å². The first-order valence-electron chi connectivity index (χ1n) is 7.39. The number of nitrogens with zero attached hydrogens (tertiary/aromatic N) is 1. The molecule has 3 N–H and O–H groups in total. The molecule has 2 rings (SSSR count). The minimum Gasteiger partial charge on any atom is -0.368 e. The van der Waals surface area contributed by atoms with Gasteiger partial charge in [0.25, 0.3) is 0 Å². The molecule has 2 aromatic rings. The molecule has 0 aliphatic heterocycles. The SMILES string of the molecule is CN(c1ccc(CNC(C(N)=O)c2ccccc2)cc1)S(C)(=O)=O. The molecule has 0 aliphatic carbocycles. The van der Waals surface area contributed by atoms with Crippen LogP contribution in [0.2, 0.25) is 0 Å². The van der Waals surface area contributed by atoms with E-state index in [9.17, 15) is 13.2 Å². The lowest BCUT2D eigenvalue weighted by atomic mass is 10.1. The van der Waals surface area contributed by atoms with Gasteiger partial charge in [-0.05, 0) is 23.3 Å². The highest BCUT2D eigenvalue weighted by molar-refractivity contribution is 7.92. The van der Waals surface area contributed by atoms with Crippen LogP contribution in [-0.4, -0.2) is 27.6 Å². The first kappa shape index (κ1) is 18.0. The smallest absolute Gasteiger partial charge is 0.239 e. The van der Waals surface area contributed by atoms with Crippen LogP contribution < -0.4 is 15.4 Å². The van der Waals surface area contributed by atoms with Crippen LogP contribution in [0.5, 0.6) is 0 Å². The molecule has 0 aliphatic rings. The Morgan fingerprint density at radius 1 is 1.12 bits per heavy atom. The number of carbonyl (C=O) groups excluding carboxylic acids is 1. The van der Waals surface area contributed by atoms with Crippen LogP contribution in [0, 0.1) is 0 Å². The summed E-state index contributed by atoms with van der Waals surface area (Å²) in [7, 11) is -1.78. The lowest BCUT2D eigenvalue weighted by Gasteiger charge is -2.18. The van der Waals surface area contributed by atoms with E-state index in [2.05, 4.69) is 5.32 Å². The zero-order valence-corrected chi connectivity index (χ0v) is 14.5. The van der Waals surface area contributed by atoms with Crippen molar-refractivity contribution in [2.24, 2.45) is 5.73 Å². The molecular weight excluding hydrogens is 326 g/mol. The standard InChI is InChI=1S/C17H21N3O3S/c1-20(24(2,22)23)15-10-8-13(9-11-15)12-19-16(17(18)21)14-6-4-3-5-7-14/h3-11,16,19H,12H2,1-2H3,(H2,18,21). The summed E-state index contributed by atoms with van der Waals surface area (Å²) in [5.74, 6) is -0.449. The fourth-order valence-electron chi connectivity index (χ4n) is 2.26. The van der Waals surface area contributed by atoms with Gasteiger partial charge in [-0.25, -0.2) is 8.42 Å². The van der Waals surface area contributed by atoms with Crippen molar-refractivity contribution in [3.05, 3.63) is 65.7 Å². The summed E-state index contributed by atoms with van der Waals surface area (Å²) in [6.45, 7) is 0.436. The van der Waals surface area contributed by atoms with Crippen molar-refractivity contribution in [3.63, 3.8) is 0 Å². The summed E-state index contributed by atoms with van der Waals surface area (Å²) in [5.41, 5.74) is 7.77. The highest BCUT2D eigenvalue weighted by atomic mass is 32.2. The van der Waals surface area contributed by atoms with E-state index < -0.39 is 22.0 Å². The zero-order valence-electron chi connectivity index (χ0n) is 13.6. The maximum absolute atomic E-state index is 11.7. The molecule has 0 spiro atoms. The van der Waals surface area contributed by atoms with Gasteiger partial charge < -0.3 is 5.73 Å². The Hall–Kier alpha value is -2.38. The number of nitrogens with two attached hydrogens (primary N) is 1. The van der Waals surface area contributed by atoms with E-state index >= 15 is 0 Å². The highest BCUT2D eigenvalue weighted by Crippen LogP contribution is 2.17. The maximum Gasteiger partial charge on any atom is 0.239 e. The van der Waals surface area contributed by atoms with E-state index in [1.165, 1.54) is 11.4 Å². The van der Waals surface area contributed by atoms with Gasteiger partial charge in [-0.15, -0.1) is 0 Å². The predicted molar refractivity (Wildman–Crippen MR) is 94.9 cm³/mol. The molecule has 24 heavy (non-hydrogen) atoms. The normalized spacial score (nSPS) is 12.6. The zero-order chi connectivity index (χ0) is 17.7. The minimum atomic E-state index is -3.29. The van der Waals surface area contributed by atoms with Crippen LogP contribution in [0.3, 0.4) is 0 Å². The number of rotatable bonds is 7. The lowest BCUT2D eigenvalue weighted by Crippen LogP contribution is -2.33. The molecule has 0 fully saturated rings. The van der Waals surface area contributed by atoms with Gasteiger partial charge in [-0.1, -0.05) is 42.5 Å². The number of hydrogen-bond donors (Lipinski definition) is 2. The number of anilines is 1. The van der Waals surface area contributed by atoms with Crippen LogP contribution in [0.15, 0.2) is 54.6 Å².